The monoisotopic (exact) mass is 910 g/mol. The minimum absolute atomic E-state index is 0. The van der Waals surface area contributed by atoms with Crippen LogP contribution in [0.4, 0.5) is 0 Å². The summed E-state index contributed by atoms with van der Waals surface area (Å²) in [6.45, 7) is 21.8. The summed E-state index contributed by atoms with van der Waals surface area (Å²) in [6.07, 6.45) is 3.37. The van der Waals surface area contributed by atoms with E-state index in [1.54, 1.807) is 18.3 Å². The van der Waals surface area contributed by atoms with E-state index in [9.17, 15) is 0 Å². The molecular formula is C48H53IrN3OSi-2. The van der Waals surface area contributed by atoms with Crippen molar-refractivity contribution in [3.63, 3.8) is 0 Å². The standard InChI is InChI=1S/C30H29N2O.C18H24NSi.Ir/c1-29(2,3)19-20-16-17-31-25(18-20)24-13-9-12-22-23-14-15-26(32-28(23)33-27(22)24)30(4,5)21-10-7-6-8-11-21;1-14(2)11-16-12-17(15-9-7-6-8-10-15)19-13-18(16)20(3,4)5;/h6-12,14-18H,19H2,1-5H3;6-9,12-14H,11H2,1-5H3;/q2*-1;/i19D2;;. The summed E-state index contributed by atoms with van der Waals surface area (Å²) in [6, 6.07) is 38.8. The van der Waals surface area contributed by atoms with Crippen molar-refractivity contribution < 1.29 is 27.3 Å². The molecule has 0 aliphatic heterocycles. The molecule has 0 unspecified atom stereocenters. The van der Waals surface area contributed by atoms with Crippen LogP contribution in [0, 0.1) is 23.5 Å². The first-order valence-electron chi connectivity index (χ1n) is 19.6. The van der Waals surface area contributed by atoms with Crippen molar-refractivity contribution in [1.29, 1.82) is 0 Å². The molecule has 7 rings (SSSR count). The van der Waals surface area contributed by atoms with Crippen LogP contribution in [0.5, 0.6) is 0 Å². The Labute approximate surface area is 340 Å². The summed E-state index contributed by atoms with van der Waals surface area (Å²) in [4.78, 5) is 14.2. The molecule has 7 aromatic rings. The van der Waals surface area contributed by atoms with Gasteiger partial charge in [-0.25, -0.2) is 4.98 Å². The van der Waals surface area contributed by atoms with E-state index in [1.807, 2.05) is 69.3 Å². The zero-order valence-electron chi connectivity index (χ0n) is 35.3. The van der Waals surface area contributed by atoms with Crippen LogP contribution in [-0.2, 0) is 38.3 Å². The van der Waals surface area contributed by atoms with E-state index in [2.05, 4.69) is 112 Å². The maximum Gasteiger partial charge on any atom is 0.216 e. The topological polar surface area (TPSA) is 51.8 Å². The van der Waals surface area contributed by atoms with E-state index >= 15 is 0 Å². The first kappa shape index (κ1) is 38.1. The van der Waals surface area contributed by atoms with Crippen molar-refractivity contribution >= 4 is 35.3 Å². The summed E-state index contributed by atoms with van der Waals surface area (Å²) >= 11 is 0. The van der Waals surface area contributed by atoms with Gasteiger partial charge in [0.15, 0.2) is 0 Å². The second-order valence-electron chi connectivity index (χ2n) is 16.9. The van der Waals surface area contributed by atoms with Gasteiger partial charge in [0.1, 0.15) is 0 Å². The molecular weight excluding hydrogens is 855 g/mol. The van der Waals surface area contributed by atoms with Gasteiger partial charge in [0.25, 0.3) is 0 Å². The number of fused-ring (bicyclic) bond motifs is 3. The van der Waals surface area contributed by atoms with E-state index in [1.165, 1.54) is 16.3 Å². The Morgan fingerprint density at radius 1 is 0.796 bits per heavy atom. The summed E-state index contributed by atoms with van der Waals surface area (Å²) in [5.74, 6) is 0.667. The predicted molar refractivity (Wildman–Crippen MR) is 225 cm³/mol. The second-order valence-corrected chi connectivity index (χ2v) is 21.9. The summed E-state index contributed by atoms with van der Waals surface area (Å²) in [7, 11) is -1.34. The minimum Gasteiger partial charge on any atom is -0.486 e. The average molecular weight is 910 g/mol. The molecule has 0 saturated heterocycles. The number of aromatic nitrogens is 3. The molecule has 4 nitrogen and oxygen atoms in total. The first-order valence-corrected chi connectivity index (χ1v) is 22.1. The Morgan fingerprint density at radius 2 is 1.54 bits per heavy atom. The number of furan rings is 1. The second kappa shape index (κ2) is 16.6. The zero-order valence-corrected chi connectivity index (χ0v) is 36.7. The molecule has 0 saturated carbocycles. The SMILES string of the molecule is CC(C)Cc1cc(-c2[c-]cccc2)ncc1[Si](C)(C)C.[2H]C([2H])(c1ccnc(-c2[c-]ccc3c2oc2nc(C(C)(C)c4ccccc4)ccc23)c1)C(C)(C)C.[Ir]. The zero-order chi connectivity index (χ0) is 39.8. The Morgan fingerprint density at radius 3 is 2.20 bits per heavy atom. The van der Waals surface area contributed by atoms with Gasteiger partial charge in [-0.05, 0) is 64.5 Å². The van der Waals surface area contributed by atoms with Gasteiger partial charge < -0.3 is 14.4 Å². The Bertz CT molecular complexity index is 2410. The maximum atomic E-state index is 8.68. The third-order valence-electron chi connectivity index (χ3n) is 9.38. The molecule has 0 N–H and O–H groups in total. The minimum atomic E-state index is -1.52. The fourth-order valence-electron chi connectivity index (χ4n) is 6.72. The maximum absolute atomic E-state index is 8.68. The molecule has 4 aromatic heterocycles. The molecule has 4 heterocycles. The molecule has 6 heteroatoms. The van der Waals surface area contributed by atoms with Crippen molar-refractivity contribution in [3.8, 4) is 22.5 Å². The molecule has 0 atom stereocenters. The third kappa shape index (κ3) is 9.52. The Hall–Kier alpha value is -4.22. The molecule has 0 bridgehead atoms. The van der Waals surface area contributed by atoms with E-state index in [4.69, 9.17) is 12.1 Å². The van der Waals surface area contributed by atoms with Crippen LogP contribution in [0.1, 0.15) is 73.6 Å². The number of pyridine rings is 3. The van der Waals surface area contributed by atoms with Crippen molar-refractivity contribution in [2.45, 2.75) is 86.3 Å². The molecule has 281 valence electrons. The molecule has 1 radical (unpaired) electrons. The van der Waals surface area contributed by atoms with Crippen LogP contribution >= 0.6 is 0 Å². The summed E-state index contributed by atoms with van der Waals surface area (Å²) in [5, 5.41) is 3.37. The van der Waals surface area contributed by atoms with Crippen molar-refractivity contribution in [2.24, 2.45) is 11.3 Å². The van der Waals surface area contributed by atoms with Crippen LogP contribution in [0.3, 0.4) is 0 Å². The van der Waals surface area contributed by atoms with E-state index in [0.29, 0.717) is 34.0 Å². The number of hydrogen-bond donors (Lipinski definition) is 0. The van der Waals surface area contributed by atoms with Crippen LogP contribution in [0.25, 0.3) is 44.6 Å². The Balaban J connectivity index is 0.000000244. The predicted octanol–water partition coefficient (Wildman–Crippen LogP) is 12.0. The van der Waals surface area contributed by atoms with Gasteiger partial charge in [0.2, 0.25) is 5.71 Å². The average Bonchev–Trinajstić information content (AvgIpc) is 3.53. The fourth-order valence-corrected chi connectivity index (χ4v) is 8.31. The summed E-state index contributed by atoms with van der Waals surface area (Å²) < 4.78 is 23.7. The quantitative estimate of drug-likeness (QED) is 0.113. The van der Waals surface area contributed by atoms with Gasteiger partial charge in [-0.3, -0.25) is 0 Å². The smallest absolute Gasteiger partial charge is 0.216 e. The largest absolute Gasteiger partial charge is 0.486 e. The van der Waals surface area contributed by atoms with E-state index in [0.717, 1.165) is 34.1 Å². The molecule has 3 aromatic carbocycles. The molecule has 0 fully saturated rings. The van der Waals surface area contributed by atoms with Gasteiger partial charge in [-0.2, -0.15) is 0 Å². The molecule has 0 aliphatic rings. The van der Waals surface area contributed by atoms with Crippen LogP contribution in [0.2, 0.25) is 19.6 Å². The van der Waals surface area contributed by atoms with Crippen LogP contribution in [0.15, 0.2) is 114 Å². The first-order chi connectivity index (χ1) is 25.9. The van der Waals surface area contributed by atoms with Crippen molar-refractivity contribution in [2.75, 3.05) is 0 Å². The van der Waals surface area contributed by atoms with E-state index in [-0.39, 0.29) is 25.5 Å². The third-order valence-corrected chi connectivity index (χ3v) is 11.4. The van der Waals surface area contributed by atoms with Crippen LogP contribution in [-0.4, -0.2) is 23.0 Å². The molecule has 54 heavy (non-hydrogen) atoms. The van der Waals surface area contributed by atoms with E-state index < -0.39 is 19.9 Å². The van der Waals surface area contributed by atoms with Gasteiger partial charge in [0.05, 0.1) is 19.4 Å². The fraction of sp³-hybridized carbons (Fsp3) is 0.312. The Kier molecular flexibility index (Phi) is 11.7. The van der Waals surface area contributed by atoms with Crippen LogP contribution < -0.4 is 5.19 Å². The summed E-state index contributed by atoms with van der Waals surface area (Å²) in [5.41, 5.74) is 8.02. The van der Waals surface area contributed by atoms with Gasteiger partial charge >= 0.3 is 0 Å². The number of rotatable bonds is 8. The van der Waals surface area contributed by atoms with Crippen molar-refractivity contribution in [3.05, 3.63) is 144 Å². The molecule has 0 aliphatic carbocycles. The van der Waals surface area contributed by atoms with Crippen molar-refractivity contribution in [1.82, 2.24) is 15.0 Å². The van der Waals surface area contributed by atoms with Gasteiger partial charge in [-0.1, -0.05) is 133 Å². The molecule has 0 spiro atoms. The number of benzene rings is 3. The van der Waals surface area contributed by atoms with Gasteiger partial charge in [0, 0.05) is 46.0 Å². The normalized spacial score (nSPS) is 12.9. The number of nitrogens with zero attached hydrogens (tertiary/aromatic N) is 3. The van der Waals surface area contributed by atoms with Gasteiger partial charge in [-0.15, -0.1) is 54.1 Å². The number of hydrogen-bond acceptors (Lipinski definition) is 4. The molecule has 0 amide bonds.